The van der Waals surface area contributed by atoms with E-state index in [-0.39, 0.29) is 5.56 Å². The van der Waals surface area contributed by atoms with E-state index in [2.05, 4.69) is 10.3 Å². The smallest absolute Gasteiger partial charge is 0.255 e. The van der Waals surface area contributed by atoms with Crippen LogP contribution in [0.2, 0.25) is 0 Å². The van der Waals surface area contributed by atoms with Crippen LogP contribution in [-0.2, 0) is 0 Å². The third kappa shape index (κ3) is 2.50. The Morgan fingerprint density at radius 1 is 1.33 bits per heavy atom. The van der Waals surface area contributed by atoms with E-state index in [1.165, 1.54) is 12.3 Å². The largest absolute Gasteiger partial charge is 0.321 e. The topological polar surface area (TPSA) is 65.8 Å². The number of amides is 1. The van der Waals surface area contributed by atoms with Crippen molar-refractivity contribution in [2.75, 3.05) is 5.32 Å². The molecule has 0 unspecified atom stereocenters. The molecule has 0 saturated carbocycles. The number of carbonyl (C=O) groups is 1. The molecule has 1 N–H and O–H groups in total. The first-order chi connectivity index (χ1) is 8.70. The van der Waals surface area contributed by atoms with Crippen molar-refractivity contribution >= 4 is 11.6 Å². The third-order valence-corrected chi connectivity index (χ3v) is 2.28. The molecule has 1 heterocycles. The van der Waals surface area contributed by atoms with E-state index in [0.717, 1.165) is 6.07 Å². The highest BCUT2D eigenvalue weighted by molar-refractivity contribution is 6.04. The third-order valence-electron chi connectivity index (χ3n) is 2.28. The van der Waals surface area contributed by atoms with E-state index in [0.29, 0.717) is 11.3 Å². The van der Waals surface area contributed by atoms with Crippen LogP contribution in [0.4, 0.5) is 10.1 Å². The number of nitriles is 1. The molecule has 0 spiro atoms. The molecule has 0 fully saturated rings. The molecule has 0 saturated heterocycles. The Morgan fingerprint density at radius 3 is 2.83 bits per heavy atom. The van der Waals surface area contributed by atoms with E-state index in [1.54, 1.807) is 24.3 Å². The Kier molecular flexibility index (Phi) is 3.30. The number of aromatic nitrogens is 1. The number of halogens is 1. The number of rotatable bonds is 2. The van der Waals surface area contributed by atoms with Crippen LogP contribution in [-0.4, -0.2) is 10.9 Å². The van der Waals surface area contributed by atoms with Gasteiger partial charge in [-0.3, -0.25) is 4.79 Å². The van der Waals surface area contributed by atoms with Gasteiger partial charge in [-0.05, 0) is 18.2 Å². The van der Waals surface area contributed by atoms with Crippen LogP contribution >= 0.6 is 0 Å². The van der Waals surface area contributed by atoms with E-state index < -0.39 is 11.9 Å². The minimum Gasteiger partial charge on any atom is -0.321 e. The summed E-state index contributed by atoms with van der Waals surface area (Å²) >= 11 is 0. The van der Waals surface area contributed by atoms with Crippen LogP contribution in [0.3, 0.4) is 0 Å². The quantitative estimate of drug-likeness (QED) is 0.820. The highest BCUT2D eigenvalue weighted by Crippen LogP contribution is 2.14. The van der Waals surface area contributed by atoms with Gasteiger partial charge in [0.1, 0.15) is 6.07 Å². The molecule has 2 aromatic rings. The summed E-state index contributed by atoms with van der Waals surface area (Å²) in [7, 11) is 0. The maximum Gasteiger partial charge on any atom is 0.255 e. The lowest BCUT2D eigenvalue weighted by Crippen LogP contribution is -2.13. The number of nitrogens with zero attached hydrogens (tertiary/aromatic N) is 2. The van der Waals surface area contributed by atoms with Crippen molar-refractivity contribution in [2.24, 2.45) is 0 Å². The average Bonchev–Trinajstić information content (AvgIpc) is 2.39. The Balaban J connectivity index is 2.25. The number of benzene rings is 1. The summed E-state index contributed by atoms with van der Waals surface area (Å²) in [5.74, 6) is -1.21. The van der Waals surface area contributed by atoms with E-state index in [4.69, 9.17) is 5.26 Å². The molecular weight excluding hydrogens is 233 g/mol. The average molecular weight is 241 g/mol. The molecule has 0 aliphatic rings. The summed E-state index contributed by atoms with van der Waals surface area (Å²) in [5, 5.41) is 11.4. The maximum absolute atomic E-state index is 12.9. The van der Waals surface area contributed by atoms with E-state index in [1.807, 2.05) is 6.07 Å². The molecule has 1 amide bonds. The normalized spacial score (nSPS) is 9.56. The monoisotopic (exact) mass is 241 g/mol. The second-order valence-corrected chi connectivity index (χ2v) is 3.48. The predicted molar refractivity (Wildman–Crippen MR) is 63.3 cm³/mol. The predicted octanol–water partition coefficient (Wildman–Crippen LogP) is 2.34. The molecular formula is C13H8FN3O. The number of hydrogen-bond donors (Lipinski definition) is 1. The molecule has 1 aromatic heterocycles. The highest BCUT2D eigenvalue weighted by Gasteiger charge is 2.09. The van der Waals surface area contributed by atoms with Gasteiger partial charge in [-0.1, -0.05) is 12.1 Å². The summed E-state index contributed by atoms with van der Waals surface area (Å²) in [6.45, 7) is 0. The van der Waals surface area contributed by atoms with Gasteiger partial charge in [-0.15, -0.1) is 0 Å². The van der Waals surface area contributed by atoms with Gasteiger partial charge in [0.15, 0.2) is 0 Å². The molecule has 2 rings (SSSR count). The number of pyridine rings is 1. The summed E-state index contributed by atoms with van der Waals surface area (Å²) in [5.41, 5.74) is 0.887. The van der Waals surface area contributed by atoms with Gasteiger partial charge in [0.2, 0.25) is 5.95 Å². The first-order valence-electron chi connectivity index (χ1n) is 5.13. The highest BCUT2D eigenvalue weighted by atomic mass is 19.1. The van der Waals surface area contributed by atoms with Crippen molar-refractivity contribution in [1.29, 1.82) is 5.26 Å². The van der Waals surface area contributed by atoms with Gasteiger partial charge in [-0.25, -0.2) is 4.98 Å². The zero-order chi connectivity index (χ0) is 13.0. The summed E-state index contributed by atoms with van der Waals surface area (Å²) in [6, 6.07) is 11.0. The van der Waals surface area contributed by atoms with Crippen LogP contribution < -0.4 is 5.32 Å². The van der Waals surface area contributed by atoms with Crippen molar-refractivity contribution in [3.8, 4) is 6.07 Å². The van der Waals surface area contributed by atoms with Gasteiger partial charge in [0.25, 0.3) is 5.91 Å². The van der Waals surface area contributed by atoms with Crippen molar-refractivity contribution in [2.45, 2.75) is 0 Å². The molecule has 18 heavy (non-hydrogen) atoms. The standard InChI is InChI=1S/C13H8FN3O/c14-12-7-9(5-6-16-12)13(18)17-11-4-2-1-3-10(11)8-15/h1-7H,(H,17,18). The fourth-order valence-electron chi connectivity index (χ4n) is 1.43. The number of nitrogens with one attached hydrogen (secondary N) is 1. The number of hydrogen-bond acceptors (Lipinski definition) is 3. The zero-order valence-electron chi connectivity index (χ0n) is 9.22. The van der Waals surface area contributed by atoms with Crippen molar-refractivity contribution in [3.63, 3.8) is 0 Å². The lowest BCUT2D eigenvalue weighted by Gasteiger charge is -2.06. The second-order valence-electron chi connectivity index (χ2n) is 3.48. The second kappa shape index (κ2) is 5.06. The number of para-hydroxylation sites is 1. The van der Waals surface area contributed by atoms with Crippen LogP contribution in [0.5, 0.6) is 0 Å². The first-order valence-corrected chi connectivity index (χ1v) is 5.13. The van der Waals surface area contributed by atoms with Crippen LogP contribution in [0.15, 0.2) is 42.6 Å². The Hall–Kier alpha value is -2.74. The summed E-state index contributed by atoms with van der Waals surface area (Å²) in [6.07, 6.45) is 1.21. The minimum atomic E-state index is -0.726. The zero-order valence-corrected chi connectivity index (χ0v) is 9.22. The fourth-order valence-corrected chi connectivity index (χ4v) is 1.43. The number of carbonyl (C=O) groups excluding carboxylic acids is 1. The molecule has 0 aliphatic heterocycles. The lowest BCUT2D eigenvalue weighted by molar-refractivity contribution is 0.102. The van der Waals surface area contributed by atoms with Crippen molar-refractivity contribution < 1.29 is 9.18 Å². The molecule has 5 heteroatoms. The van der Waals surface area contributed by atoms with Gasteiger partial charge in [0.05, 0.1) is 11.3 Å². The Bertz CT molecular complexity index is 634. The Morgan fingerprint density at radius 2 is 2.11 bits per heavy atom. The maximum atomic E-state index is 12.9. The molecule has 0 aliphatic carbocycles. The lowest BCUT2D eigenvalue weighted by atomic mass is 10.2. The van der Waals surface area contributed by atoms with Crippen LogP contribution in [0.1, 0.15) is 15.9 Å². The van der Waals surface area contributed by atoms with Crippen LogP contribution in [0, 0.1) is 17.3 Å². The fraction of sp³-hybridized carbons (Fsp3) is 0. The summed E-state index contributed by atoms with van der Waals surface area (Å²) in [4.78, 5) is 15.2. The van der Waals surface area contributed by atoms with Gasteiger partial charge >= 0.3 is 0 Å². The van der Waals surface area contributed by atoms with Gasteiger partial charge in [0, 0.05) is 17.8 Å². The molecule has 0 bridgehead atoms. The number of anilines is 1. The first kappa shape index (κ1) is 11.7. The Labute approximate surface area is 103 Å². The minimum absolute atomic E-state index is 0.148. The van der Waals surface area contributed by atoms with Gasteiger partial charge < -0.3 is 5.32 Å². The SMILES string of the molecule is N#Cc1ccccc1NC(=O)c1ccnc(F)c1. The molecule has 0 atom stereocenters. The van der Waals surface area contributed by atoms with E-state index >= 15 is 0 Å². The van der Waals surface area contributed by atoms with Crippen molar-refractivity contribution in [1.82, 2.24) is 4.98 Å². The van der Waals surface area contributed by atoms with Crippen molar-refractivity contribution in [3.05, 3.63) is 59.7 Å². The molecule has 0 radical (unpaired) electrons. The molecule has 4 nitrogen and oxygen atoms in total. The summed E-state index contributed by atoms with van der Waals surface area (Å²) < 4.78 is 12.9. The molecule has 1 aromatic carbocycles. The van der Waals surface area contributed by atoms with Gasteiger partial charge in [-0.2, -0.15) is 9.65 Å². The molecule has 88 valence electrons. The van der Waals surface area contributed by atoms with E-state index in [9.17, 15) is 9.18 Å². The van der Waals surface area contributed by atoms with Crippen LogP contribution in [0.25, 0.3) is 0 Å².